The molecule has 0 amide bonds. The first-order chi connectivity index (χ1) is 7.62. The van der Waals surface area contributed by atoms with E-state index in [9.17, 15) is 0 Å². The monoisotopic (exact) mass is 290 g/mol. The fourth-order valence-electron chi connectivity index (χ4n) is 0.502. The molecule has 102 valence electrons. The van der Waals surface area contributed by atoms with Crippen LogP contribution < -0.4 is 0 Å². The van der Waals surface area contributed by atoms with Gasteiger partial charge in [-0.1, -0.05) is 20.6 Å². The zero-order chi connectivity index (χ0) is 12.8. The molecular weight excluding hydrogens is 275 g/mol. The Balaban J connectivity index is -0.000000218. The molecule has 0 spiro atoms. The Morgan fingerprint density at radius 1 is 0.882 bits per heavy atom. The van der Waals surface area contributed by atoms with E-state index < -0.39 is 0 Å². The van der Waals surface area contributed by atoms with Crippen LogP contribution in [0, 0.1) is 0 Å². The van der Waals surface area contributed by atoms with Crippen LogP contribution in [0.4, 0.5) is 0 Å². The van der Waals surface area contributed by atoms with Gasteiger partial charge in [-0.25, -0.2) is 0 Å². The Morgan fingerprint density at radius 3 is 1.35 bits per heavy atom. The van der Waals surface area contributed by atoms with Crippen LogP contribution in [-0.4, -0.2) is 48.5 Å². The van der Waals surface area contributed by atoms with Gasteiger partial charge in [0.05, 0.1) is 23.9 Å². The van der Waals surface area contributed by atoms with Gasteiger partial charge in [-0.15, -0.1) is 0 Å². The van der Waals surface area contributed by atoms with Gasteiger partial charge in [-0.3, -0.25) is 0 Å². The summed E-state index contributed by atoms with van der Waals surface area (Å²) in [6, 6.07) is 0. The fraction of sp³-hybridized carbons (Fsp3) is 0.500. The van der Waals surface area contributed by atoms with Crippen molar-refractivity contribution < 1.29 is 36.6 Å². The van der Waals surface area contributed by atoms with E-state index in [0.717, 1.165) is 0 Å². The van der Waals surface area contributed by atoms with Crippen LogP contribution >= 0.6 is 0 Å². The molecule has 0 saturated heterocycles. The van der Waals surface area contributed by atoms with Gasteiger partial charge in [0.15, 0.2) is 0 Å². The third-order valence-electron chi connectivity index (χ3n) is 0.960. The summed E-state index contributed by atoms with van der Waals surface area (Å²) in [7, 11) is 2.85. The summed E-state index contributed by atoms with van der Waals surface area (Å²) in [5.74, 6) is 0. The third-order valence-corrected chi connectivity index (χ3v) is 0.960. The van der Waals surface area contributed by atoms with E-state index in [2.05, 4.69) is 30.3 Å². The van der Waals surface area contributed by atoms with Gasteiger partial charge in [0.2, 0.25) is 0 Å². The molecule has 0 fully saturated rings. The van der Waals surface area contributed by atoms with Crippen molar-refractivity contribution in [1.29, 1.82) is 0 Å². The molecule has 0 atom stereocenters. The standard InChI is InChI=1S/2C4H8N2O2.Ni/c2*1-4(3-5-7)6-8-2;/h2*3,7H,1-2H3;. The van der Waals surface area contributed by atoms with Crippen LogP contribution in [0.5, 0.6) is 0 Å². The Kier molecular flexibility index (Phi) is 20.5. The topological polar surface area (TPSA) is 108 Å². The molecule has 0 aliphatic carbocycles. The number of hydrogen-bond donors (Lipinski definition) is 2. The molecule has 0 aromatic carbocycles. The average Bonchev–Trinajstić information content (AvgIpc) is 2.20. The zero-order valence-electron chi connectivity index (χ0n) is 9.97. The van der Waals surface area contributed by atoms with Crippen molar-refractivity contribution in [3.05, 3.63) is 0 Å². The molecule has 17 heavy (non-hydrogen) atoms. The molecule has 2 N–H and O–H groups in total. The van der Waals surface area contributed by atoms with Crippen LogP contribution in [0.25, 0.3) is 0 Å². The van der Waals surface area contributed by atoms with E-state index in [1.807, 2.05) is 0 Å². The maximum atomic E-state index is 7.90. The van der Waals surface area contributed by atoms with Gasteiger partial charge in [-0.05, 0) is 13.8 Å². The van der Waals surface area contributed by atoms with E-state index in [0.29, 0.717) is 11.4 Å². The number of hydrogen-bond acceptors (Lipinski definition) is 8. The van der Waals surface area contributed by atoms with E-state index >= 15 is 0 Å². The van der Waals surface area contributed by atoms with Crippen molar-refractivity contribution in [3.63, 3.8) is 0 Å². The Bertz CT molecular complexity index is 251. The largest absolute Gasteiger partial charge is 0.411 e. The molecule has 0 aliphatic rings. The predicted molar refractivity (Wildman–Crippen MR) is 60.8 cm³/mol. The summed E-state index contributed by atoms with van der Waals surface area (Å²) in [6.07, 6.45) is 2.37. The average molecular weight is 291 g/mol. The summed E-state index contributed by atoms with van der Waals surface area (Å²) in [5, 5.41) is 28.1. The van der Waals surface area contributed by atoms with Crippen molar-refractivity contribution in [2.75, 3.05) is 14.2 Å². The molecule has 0 aromatic heterocycles. The molecule has 0 heterocycles. The Morgan fingerprint density at radius 2 is 1.18 bits per heavy atom. The first kappa shape index (κ1) is 20.7. The van der Waals surface area contributed by atoms with Crippen LogP contribution in [0.2, 0.25) is 0 Å². The van der Waals surface area contributed by atoms with E-state index in [1.165, 1.54) is 26.6 Å². The number of nitrogens with zero attached hydrogens (tertiary/aromatic N) is 4. The SMILES string of the molecule is CON=C(C)C=NO.CON=C(C)C=NO.[Ni]. The summed E-state index contributed by atoms with van der Waals surface area (Å²) >= 11 is 0. The quantitative estimate of drug-likeness (QED) is 0.347. The Labute approximate surface area is 110 Å². The molecule has 0 rings (SSSR count). The summed E-state index contributed by atoms with van der Waals surface area (Å²) in [6.45, 7) is 3.31. The second-order valence-corrected chi connectivity index (χ2v) is 2.32. The number of oxime groups is 4. The summed E-state index contributed by atoms with van der Waals surface area (Å²) in [4.78, 5) is 8.68. The molecule has 0 aromatic rings. The summed E-state index contributed by atoms with van der Waals surface area (Å²) in [5.41, 5.74) is 1.05. The molecular formula is C8H16N4NiO4. The fourth-order valence-corrected chi connectivity index (χ4v) is 0.502. The van der Waals surface area contributed by atoms with Gasteiger partial charge < -0.3 is 20.1 Å². The van der Waals surface area contributed by atoms with E-state index in [1.54, 1.807) is 13.8 Å². The van der Waals surface area contributed by atoms with Crippen LogP contribution in [-0.2, 0) is 26.2 Å². The molecule has 0 unspecified atom stereocenters. The first-order valence-electron chi connectivity index (χ1n) is 4.12. The molecule has 8 nitrogen and oxygen atoms in total. The molecule has 0 aliphatic heterocycles. The van der Waals surface area contributed by atoms with Crippen molar-refractivity contribution in [2.45, 2.75) is 13.8 Å². The minimum absolute atomic E-state index is 0. The maximum Gasteiger partial charge on any atom is 0.106 e. The molecule has 0 bridgehead atoms. The van der Waals surface area contributed by atoms with Crippen molar-refractivity contribution in [3.8, 4) is 0 Å². The third kappa shape index (κ3) is 20.5. The second kappa shape index (κ2) is 16.8. The van der Waals surface area contributed by atoms with Gasteiger partial charge in [0.25, 0.3) is 0 Å². The molecule has 0 radical (unpaired) electrons. The van der Waals surface area contributed by atoms with Crippen LogP contribution in [0.15, 0.2) is 20.6 Å². The van der Waals surface area contributed by atoms with Crippen molar-refractivity contribution in [1.82, 2.24) is 0 Å². The number of rotatable bonds is 4. The van der Waals surface area contributed by atoms with Crippen LogP contribution in [0.1, 0.15) is 13.8 Å². The smallest absolute Gasteiger partial charge is 0.106 e. The molecule has 9 heteroatoms. The maximum absolute atomic E-state index is 7.90. The van der Waals surface area contributed by atoms with Gasteiger partial charge >= 0.3 is 0 Å². The van der Waals surface area contributed by atoms with E-state index in [-0.39, 0.29) is 16.5 Å². The van der Waals surface area contributed by atoms with Gasteiger partial charge in [0, 0.05) is 16.5 Å². The minimum atomic E-state index is 0. The van der Waals surface area contributed by atoms with Gasteiger partial charge in [0.1, 0.15) is 14.2 Å². The zero-order valence-corrected chi connectivity index (χ0v) is 11.0. The van der Waals surface area contributed by atoms with Crippen molar-refractivity contribution in [2.24, 2.45) is 20.6 Å². The van der Waals surface area contributed by atoms with Crippen molar-refractivity contribution >= 4 is 23.9 Å². The Hall–Kier alpha value is -1.63. The minimum Gasteiger partial charge on any atom is -0.411 e. The normalized spacial score (nSPS) is 11.8. The van der Waals surface area contributed by atoms with E-state index in [4.69, 9.17) is 10.4 Å². The molecule has 0 saturated carbocycles. The van der Waals surface area contributed by atoms with Crippen LogP contribution in [0.3, 0.4) is 0 Å². The first-order valence-corrected chi connectivity index (χ1v) is 4.12. The predicted octanol–water partition coefficient (Wildman–Crippen LogP) is 0.935. The summed E-state index contributed by atoms with van der Waals surface area (Å²) < 4.78 is 0. The second-order valence-electron chi connectivity index (χ2n) is 2.32. The van der Waals surface area contributed by atoms with Gasteiger partial charge in [-0.2, -0.15) is 0 Å².